The van der Waals surface area contributed by atoms with Crippen LogP contribution in [0.25, 0.3) is 11.4 Å². The summed E-state index contributed by atoms with van der Waals surface area (Å²) in [5.41, 5.74) is 1.05. The van der Waals surface area contributed by atoms with Crippen LogP contribution in [0.2, 0.25) is 5.02 Å². The molecular weight excluding hydrogens is 222 g/mol. The first-order chi connectivity index (χ1) is 7.84. The molecular formula is C12H12ClN3. The maximum Gasteiger partial charge on any atom is 0.164 e. The molecule has 1 aromatic carbocycles. The largest absolute Gasteiger partial charge is 0.311 e. The third kappa shape index (κ3) is 1.61. The van der Waals surface area contributed by atoms with Gasteiger partial charge in [-0.15, -0.1) is 10.2 Å². The molecule has 0 bridgehead atoms. The van der Waals surface area contributed by atoms with Crippen molar-refractivity contribution < 1.29 is 0 Å². The van der Waals surface area contributed by atoms with Crippen molar-refractivity contribution in [3.63, 3.8) is 0 Å². The van der Waals surface area contributed by atoms with Crippen molar-refractivity contribution >= 4 is 11.6 Å². The lowest BCUT2D eigenvalue weighted by atomic mass is 10.1. The molecule has 0 fully saturated rings. The minimum Gasteiger partial charge on any atom is -0.311 e. The van der Waals surface area contributed by atoms with Gasteiger partial charge in [0.15, 0.2) is 5.82 Å². The number of fused-ring (bicyclic) bond motifs is 1. The van der Waals surface area contributed by atoms with Crippen LogP contribution in [0, 0.1) is 0 Å². The Kier molecular flexibility index (Phi) is 2.40. The molecule has 0 amide bonds. The number of hydrogen-bond donors (Lipinski definition) is 0. The molecule has 1 aliphatic heterocycles. The zero-order valence-electron chi connectivity index (χ0n) is 8.86. The maximum atomic E-state index is 5.99. The number of benzene rings is 1. The highest BCUT2D eigenvalue weighted by molar-refractivity contribution is 6.30. The molecule has 0 spiro atoms. The Morgan fingerprint density at radius 3 is 3.00 bits per heavy atom. The van der Waals surface area contributed by atoms with Crippen molar-refractivity contribution in [3.8, 4) is 11.4 Å². The molecule has 1 aliphatic rings. The van der Waals surface area contributed by atoms with E-state index in [1.165, 1.54) is 12.8 Å². The molecule has 82 valence electrons. The Morgan fingerprint density at radius 2 is 2.12 bits per heavy atom. The summed E-state index contributed by atoms with van der Waals surface area (Å²) in [6.07, 6.45) is 3.46. The van der Waals surface area contributed by atoms with Crippen LogP contribution >= 0.6 is 11.6 Å². The van der Waals surface area contributed by atoms with E-state index >= 15 is 0 Å². The van der Waals surface area contributed by atoms with Crippen molar-refractivity contribution in [2.45, 2.75) is 25.8 Å². The van der Waals surface area contributed by atoms with Crippen LogP contribution in [-0.2, 0) is 13.0 Å². The molecule has 2 heterocycles. The van der Waals surface area contributed by atoms with Gasteiger partial charge in [-0.3, -0.25) is 0 Å². The Balaban J connectivity index is 2.09. The Bertz CT molecular complexity index is 519. The van der Waals surface area contributed by atoms with E-state index in [1.54, 1.807) is 0 Å². The third-order valence-electron chi connectivity index (χ3n) is 2.94. The molecule has 0 atom stereocenters. The van der Waals surface area contributed by atoms with Crippen LogP contribution in [0.15, 0.2) is 24.3 Å². The van der Waals surface area contributed by atoms with Crippen LogP contribution in [-0.4, -0.2) is 14.8 Å². The standard InChI is InChI=1S/C12H12ClN3/c13-10-5-3-4-9(8-10)12-15-14-11-6-1-2-7-16(11)12/h3-5,8H,1-2,6-7H2. The summed E-state index contributed by atoms with van der Waals surface area (Å²) in [6.45, 7) is 1.02. The minimum absolute atomic E-state index is 0.741. The first-order valence-electron chi connectivity index (χ1n) is 5.52. The highest BCUT2D eigenvalue weighted by Crippen LogP contribution is 2.24. The summed E-state index contributed by atoms with van der Waals surface area (Å²) in [7, 11) is 0. The van der Waals surface area contributed by atoms with Crippen molar-refractivity contribution in [1.29, 1.82) is 0 Å². The van der Waals surface area contributed by atoms with Gasteiger partial charge in [-0.2, -0.15) is 0 Å². The molecule has 0 aliphatic carbocycles. The molecule has 0 saturated heterocycles. The van der Waals surface area contributed by atoms with Gasteiger partial charge in [0.2, 0.25) is 0 Å². The fourth-order valence-corrected chi connectivity index (χ4v) is 2.34. The summed E-state index contributed by atoms with van der Waals surface area (Å²) < 4.78 is 2.20. The van der Waals surface area contributed by atoms with Gasteiger partial charge in [-0.25, -0.2) is 0 Å². The smallest absolute Gasteiger partial charge is 0.164 e. The quantitative estimate of drug-likeness (QED) is 0.758. The molecule has 2 aromatic rings. The highest BCUT2D eigenvalue weighted by Gasteiger charge is 2.16. The van der Waals surface area contributed by atoms with E-state index in [9.17, 15) is 0 Å². The average Bonchev–Trinajstić information content (AvgIpc) is 2.72. The van der Waals surface area contributed by atoms with Crippen molar-refractivity contribution in [1.82, 2.24) is 14.8 Å². The van der Waals surface area contributed by atoms with Crippen molar-refractivity contribution in [2.24, 2.45) is 0 Å². The lowest BCUT2D eigenvalue weighted by Gasteiger charge is -2.14. The van der Waals surface area contributed by atoms with E-state index in [1.807, 2.05) is 24.3 Å². The zero-order chi connectivity index (χ0) is 11.0. The van der Waals surface area contributed by atoms with Gasteiger partial charge in [0, 0.05) is 23.6 Å². The van der Waals surface area contributed by atoms with E-state index in [0.717, 1.165) is 35.2 Å². The van der Waals surface area contributed by atoms with E-state index in [2.05, 4.69) is 14.8 Å². The van der Waals surface area contributed by atoms with Gasteiger partial charge in [-0.05, 0) is 25.0 Å². The number of halogens is 1. The first-order valence-corrected chi connectivity index (χ1v) is 5.90. The predicted octanol–water partition coefficient (Wildman–Crippen LogP) is 2.93. The molecule has 0 unspecified atom stereocenters. The van der Waals surface area contributed by atoms with E-state index in [4.69, 9.17) is 11.6 Å². The molecule has 1 aromatic heterocycles. The summed E-state index contributed by atoms with van der Waals surface area (Å²) in [5.74, 6) is 2.04. The second-order valence-corrected chi connectivity index (χ2v) is 4.50. The van der Waals surface area contributed by atoms with Gasteiger partial charge >= 0.3 is 0 Å². The zero-order valence-corrected chi connectivity index (χ0v) is 9.61. The molecule has 0 N–H and O–H groups in total. The molecule has 16 heavy (non-hydrogen) atoms. The summed E-state index contributed by atoms with van der Waals surface area (Å²) >= 11 is 5.99. The van der Waals surface area contributed by atoms with Crippen molar-refractivity contribution in [3.05, 3.63) is 35.1 Å². The Labute approximate surface area is 99.1 Å². The fraction of sp³-hybridized carbons (Fsp3) is 0.333. The number of aryl methyl sites for hydroxylation is 1. The molecule has 0 radical (unpaired) electrons. The highest BCUT2D eigenvalue weighted by atomic mass is 35.5. The van der Waals surface area contributed by atoms with E-state index < -0.39 is 0 Å². The fourth-order valence-electron chi connectivity index (χ4n) is 2.15. The SMILES string of the molecule is Clc1cccc(-c2nnc3n2CCCC3)c1. The average molecular weight is 234 g/mol. The predicted molar refractivity (Wildman–Crippen MR) is 63.4 cm³/mol. The van der Waals surface area contributed by atoms with E-state index in [0.29, 0.717) is 0 Å². The monoisotopic (exact) mass is 233 g/mol. The Morgan fingerprint density at radius 1 is 1.19 bits per heavy atom. The summed E-state index contributed by atoms with van der Waals surface area (Å²) in [5, 5.41) is 9.24. The normalized spacial score (nSPS) is 14.8. The molecule has 4 heteroatoms. The molecule has 0 saturated carbocycles. The number of hydrogen-bond acceptors (Lipinski definition) is 2. The number of rotatable bonds is 1. The Hall–Kier alpha value is -1.35. The number of nitrogens with zero attached hydrogens (tertiary/aromatic N) is 3. The third-order valence-corrected chi connectivity index (χ3v) is 3.18. The number of aromatic nitrogens is 3. The lowest BCUT2D eigenvalue weighted by Crippen LogP contribution is -2.11. The van der Waals surface area contributed by atoms with Gasteiger partial charge < -0.3 is 4.57 Å². The second-order valence-electron chi connectivity index (χ2n) is 4.06. The van der Waals surface area contributed by atoms with Gasteiger partial charge in [0.25, 0.3) is 0 Å². The van der Waals surface area contributed by atoms with Gasteiger partial charge in [0.1, 0.15) is 5.82 Å². The minimum atomic E-state index is 0.741. The second kappa shape index (κ2) is 3.91. The first kappa shape index (κ1) is 9.85. The topological polar surface area (TPSA) is 30.7 Å². The van der Waals surface area contributed by atoms with Crippen LogP contribution in [0.1, 0.15) is 18.7 Å². The van der Waals surface area contributed by atoms with Crippen LogP contribution in [0.4, 0.5) is 0 Å². The summed E-state index contributed by atoms with van der Waals surface area (Å²) in [6, 6.07) is 7.78. The van der Waals surface area contributed by atoms with E-state index in [-0.39, 0.29) is 0 Å². The lowest BCUT2D eigenvalue weighted by molar-refractivity contribution is 0.526. The van der Waals surface area contributed by atoms with Crippen LogP contribution < -0.4 is 0 Å². The van der Waals surface area contributed by atoms with Gasteiger partial charge in [-0.1, -0.05) is 23.7 Å². The summed E-state index contributed by atoms with van der Waals surface area (Å²) in [4.78, 5) is 0. The van der Waals surface area contributed by atoms with Crippen molar-refractivity contribution in [2.75, 3.05) is 0 Å². The maximum absolute atomic E-state index is 5.99. The van der Waals surface area contributed by atoms with Gasteiger partial charge in [0.05, 0.1) is 0 Å². The van der Waals surface area contributed by atoms with Crippen LogP contribution in [0.5, 0.6) is 0 Å². The molecule has 3 rings (SSSR count). The molecule has 3 nitrogen and oxygen atoms in total. The van der Waals surface area contributed by atoms with Crippen LogP contribution in [0.3, 0.4) is 0 Å².